The summed E-state index contributed by atoms with van der Waals surface area (Å²) in [5, 5.41) is 11.1. The summed E-state index contributed by atoms with van der Waals surface area (Å²) < 4.78 is 0. The molecule has 16 heavy (non-hydrogen) atoms. The van der Waals surface area contributed by atoms with Gasteiger partial charge in [-0.15, -0.1) is 0 Å². The number of nitrogens with zero attached hydrogens (tertiary/aromatic N) is 4. The number of hydrogen-bond acceptors (Lipinski definition) is 5. The number of nitro groups is 1. The maximum atomic E-state index is 11.1. The smallest absolute Gasteiger partial charge is 0.269 e. The Hall–Kier alpha value is -1.70. The molecule has 2 aliphatic rings. The number of rotatable bonds is 3. The summed E-state index contributed by atoms with van der Waals surface area (Å²) in [6.45, 7) is 1.08. The van der Waals surface area contributed by atoms with Crippen LogP contribution in [-0.2, 0) is 9.59 Å². The molecule has 0 aromatic heterocycles. The lowest BCUT2D eigenvalue weighted by molar-refractivity contribution is -0.578. The largest absolute Gasteiger partial charge is 0.325 e. The zero-order valence-corrected chi connectivity index (χ0v) is 8.61. The van der Waals surface area contributed by atoms with Crippen molar-refractivity contribution < 1.29 is 14.5 Å². The van der Waals surface area contributed by atoms with Crippen molar-refractivity contribution in [3.63, 3.8) is 0 Å². The van der Waals surface area contributed by atoms with E-state index in [-0.39, 0.29) is 24.6 Å². The molecule has 2 fully saturated rings. The van der Waals surface area contributed by atoms with E-state index in [4.69, 9.17) is 0 Å². The second kappa shape index (κ2) is 3.71. The van der Waals surface area contributed by atoms with Crippen LogP contribution in [0.4, 0.5) is 0 Å². The Morgan fingerprint density at radius 3 is 1.94 bits per heavy atom. The van der Waals surface area contributed by atoms with Crippen molar-refractivity contribution >= 4 is 12.8 Å². The van der Waals surface area contributed by atoms with E-state index in [2.05, 4.69) is 0 Å². The van der Waals surface area contributed by atoms with Gasteiger partial charge in [0, 0.05) is 4.92 Å². The second-order valence-electron chi connectivity index (χ2n) is 4.30. The summed E-state index contributed by atoms with van der Waals surface area (Å²) in [5.74, 6) is 0. The average Bonchev–Trinajstić information content (AvgIpc) is 2.27. The predicted octanol–water partition coefficient (Wildman–Crippen LogP) is -1.84. The lowest BCUT2D eigenvalue weighted by Crippen LogP contribution is -2.71. The van der Waals surface area contributed by atoms with E-state index < -0.39 is 5.54 Å². The summed E-state index contributed by atoms with van der Waals surface area (Å²) in [5.41, 5.74) is -1.24. The zero-order valence-electron chi connectivity index (χ0n) is 8.61. The Morgan fingerprint density at radius 1 is 1.06 bits per heavy atom. The van der Waals surface area contributed by atoms with Crippen LogP contribution in [0.1, 0.15) is 0 Å². The first-order valence-corrected chi connectivity index (χ1v) is 4.85. The summed E-state index contributed by atoms with van der Waals surface area (Å²) in [7, 11) is 0. The van der Waals surface area contributed by atoms with Crippen molar-refractivity contribution in [1.82, 2.24) is 14.7 Å². The molecule has 0 aliphatic carbocycles. The van der Waals surface area contributed by atoms with Gasteiger partial charge in [0.2, 0.25) is 12.8 Å². The molecule has 2 rings (SSSR count). The molecule has 0 aromatic rings. The summed E-state index contributed by atoms with van der Waals surface area (Å²) >= 11 is 0. The van der Waals surface area contributed by atoms with Crippen LogP contribution in [0.3, 0.4) is 0 Å². The van der Waals surface area contributed by atoms with E-state index in [1.54, 1.807) is 4.90 Å². The van der Waals surface area contributed by atoms with Crippen molar-refractivity contribution in [3.05, 3.63) is 10.1 Å². The molecule has 8 heteroatoms. The Kier molecular flexibility index (Phi) is 2.50. The highest BCUT2D eigenvalue weighted by molar-refractivity contribution is 5.49. The molecule has 2 amide bonds. The number of carbonyl (C=O) groups excluding carboxylic acids is 2. The van der Waals surface area contributed by atoms with Crippen molar-refractivity contribution in [2.75, 3.05) is 33.0 Å². The van der Waals surface area contributed by atoms with E-state index in [1.807, 2.05) is 0 Å². The molecule has 88 valence electrons. The van der Waals surface area contributed by atoms with Gasteiger partial charge in [0.15, 0.2) is 0 Å². The minimum absolute atomic E-state index is 0.0599. The topological polar surface area (TPSA) is 87.0 Å². The van der Waals surface area contributed by atoms with Crippen molar-refractivity contribution in [2.45, 2.75) is 5.54 Å². The Bertz CT molecular complexity index is 314. The minimum atomic E-state index is -1.24. The van der Waals surface area contributed by atoms with Gasteiger partial charge >= 0.3 is 0 Å². The quantitative estimate of drug-likeness (QED) is 0.322. The van der Waals surface area contributed by atoms with Crippen LogP contribution in [0, 0.1) is 10.1 Å². The van der Waals surface area contributed by atoms with E-state index in [0.717, 1.165) is 0 Å². The molecule has 0 spiro atoms. The average molecular weight is 228 g/mol. The lowest BCUT2D eigenvalue weighted by Gasteiger charge is -2.47. The second-order valence-corrected chi connectivity index (χ2v) is 4.30. The van der Waals surface area contributed by atoms with Crippen LogP contribution in [-0.4, -0.2) is 71.0 Å². The molecule has 2 aliphatic heterocycles. The molecule has 0 aromatic carbocycles. The molecule has 2 bridgehead atoms. The molecular formula is C8H12N4O4. The van der Waals surface area contributed by atoms with Crippen LogP contribution < -0.4 is 0 Å². The first-order valence-electron chi connectivity index (χ1n) is 4.85. The lowest BCUT2D eigenvalue weighted by atomic mass is 9.94. The minimum Gasteiger partial charge on any atom is -0.325 e. The number of fused-ring (bicyclic) bond motifs is 2. The highest BCUT2D eigenvalue weighted by Crippen LogP contribution is 2.24. The Labute approximate surface area is 91.5 Å². The van der Waals surface area contributed by atoms with Gasteiger partial charge < -0.3 is 9.80 Å². The molecule has 0 saturated carbocycles. The van der Waals surface area contributed by atoms with E-state index in [1.165, 1.54) is 9.80 Å². The maximum Gasteiger partial charge on any atom is 0.269 e. The van der Waals surface area contributed by atoms with Gasteiger partial charge in [0.25, 0.3) is 5.54 Å². The van der Waals surface area contributed by atoms with Crippen molar-refractivity contribution in [1.29, 1.82) is 0 Å². The van der Waals surface area contributed by atoms with E-state index in [0.29, 0.717) is 26.2 Å². The molecule has 2 saturated heterocycles. The third kappa shape index (κ3) is 1.60. The third-order valence-corrected chi connectivity index (χ3v) is 2.96. The standard InChI is InChI=1S/C8H12N4O4/c13-6-10-2-8(12(15)16)1-9(4-10)5-11(3-8)7-14/h6-7H,1-5H2. The van der Waals surface area contributed by atoms with Crippen LogP contribution >= 0.6 is 0 Å². The number of carbonyl (C=O) groups is 2. The Morgan fingerprint density at radius 2 is 1.56 bits per heavy atom. The fraction of sp³-hybridized carbons (Fsp3) is 0.750. The highest BCUT2D eigenvalue weighted by atomic mass is 16.6. The van der Waals surface area contributed by atoms with E-state index >= 15 is 0 Å². The van der Waals surface area contributed by atoms with Crippen molar-refractivity contribution in [2.24, 2.45) is 0 Å². The van der Waals surface area contributed by atoms with Gasteiger partial charge in [-0.3, -0.25) is 24.6 Å². The third-order valence-electron chi connectivity index (χ3n) is 2.96. The zero-order chi connectivity index (χ0) is 11.8. The molecule has 0 radical (unpaired) electrons. The molecule has 0 N–H and O–H groups in total. The van der Waals surface area contributed by atoms with Gasteiger partial charge in [-0.25, -0.2) is 0 Å². The number of amides is 2. The van der Waals surface area contributed by atoms with Gasteiger partial charge in [-0.2, -0.15) is 0 Å². The van der Waals surface area contributed by atoms with Crippen LogP contribution in [0.15, 0.2) is 0 Å². The van der Waals surface area contributed by atoms with Gasteiger partial charge in [-0.1, -0.05) is 0 Å². The fourth-order valence-electron chi connectivity index (χ4n) is 2.40. The molecule has 8 nitrogen and oxygen atoms in total. The van der Waals surface area contributed by atoms with Crippen LogP contribution in [0.2, 0.25) is 0 Å². The van der Waals surface area contributed by atoms with Crippen molar-refractivity contribution in [3.8, 4) is 0 Å². The fourth-order valence-corrected chi connectivity index (χ4v) is 2.40. The van der Waals surface area contributed by atoms with Crippen LogP contribution in [0.25, 0.3) is 0 Å². The molecule has 2 heterocycles. The monoisotopic (exact) mass is 228 g/mol. The highest BCUT2D eigenvalue weighted by Gasteiger charge is 2.53. The predicted molar refractivity (Wildman–Crippen MR) is 51.7 cm³/mol. The first kappa shape index (κ1) is 10.8. The molecule has 0 atom stereocenters. The Balaban J connectivity index is 2.26. The van der Waals surface area contributed by atoms with Gasteiger partial charge in [0.1, 0.15) is 0 Å². The van der Waals surface area contributed by atoms with Gasteiger partial charge in [-0.05, 0) is 0 Å². The maximum absolute atomic E-state index is 11.1. The number of hydrogen-bond donors (Lipinski definition) is 0. The normalized spacial score (nSPS) is 33.4. The summed E-state index contributed by atoms with van der Waals surface area (Å²) in [4.78, 5) is 36.6. The van der Waals surface area contributed by atoms with E-state index in [9.17, 15) is 19.7 Å². The van der Waals surface area contributed by atoms with Gasteiger partial charge in [0.05, 0.1) is 33.0 Å². The summed E-state index contributed by atoms with van der Waals surface area (Å²) in [6.07, 6.45) is 1.22. The SMILES string of the molecule is O=CN1CN2CN(C=O)CC([N+](=O)[O-])(C1)C2. The van der Waals surface area contributed by atoms with Crippen LogP contribution in [0.5, 0.6) is 0 Å². The summed E-state index contributed by atoms with van der Waals surface area (Å²) in [6, 6.07) is 0. The first-order chi connectivity index (χ1) is 7.59. The molecular weight excluding hydrogens is 216 g/mol. The molecule has 0 unspecified atom stereocenters.